The highest BCUT2D eigenvalue weighted by molar-refractivity contribution is 5.92. The minimum absolute atomic E-state index is 0.487. The van der Waals surface area contributed by atoms with Crippen molar-refractivity contribution in [2.45, 2.75) is 27.4 Å². The van der Waals surface area contributed by atoms with Gasteiger partial charge in [-0.25, -0.2) is 0 Å². The van der Waals surface area contributed by atoms with Gasteiger partial charge in [0.25, 0.3) is 0 Å². The maximum Gasteiger partial charge on any atom is 0.167 e. The van der Waals surface area contributed by atoms with Crippen molar-refractivity contribution in [1.82, 2.24) is 4.40 Å². The van der Waals surface area contributed by atoms with Crippen LogP contribution in [-0.2, 0) is 6.61 Å². The van der Waals surface area contributed by atoms with Gasteiger partial charge in [0.1, 0.15) is 12.4 Å². The number of hydrogen-bond acceptors (Lipinski definition) is 2. The Hall–Kier alpha value is -3.33. The molecule has 0 aliphatic rings. The number of aryl methyl sites for hydroxylation is 3. The summed E-state index contributed by atoms with van der Waals surface area (Å²) in [4.78, 5) is 12.0. The summed E-state index contributed by atoms with van der Waals surface area (Å²) in [5, 5.41) is 0. The van der Waals surface area contributed by atoms with Crippen LogP contribution < -0.4 is 4.74 Å². The first kappa shape index (κ1) is 18.1. The molecule has 0 radical (unpaired) electrons. The minimum atomic E-state index is 0.487. The predicted octanol–water partition coefficient (Wildman–Crippen LogP) is 5.92. The van der Waals surface area contributed by atoms with Gasteiger partial charge in [-0.15, -0.1) is 0 Å². The topological polar surface area (TPSA) is 30.7 Å². The molecule has 3 heteroatoms. The van der Waals surface area contributed by atoms with Crippen LogP contribution in [0.15, 0.2) is 66.9 Å². The van der Waals surface area contributed by atoms with Crippen LogP contribution >= 0.6 is 0 Å². The molecule has 0 saturated heterocycles. The van der Waals surface area contributed by atoms with Crippen LogP contribution in [0.1, 0.15) is 32.7 Å². The number of carbonyl (C=O) groups is 1. The zero-order valence-corrected chi connectivity index (χ0v) is 16.4. The molecule has 0 aliphatic heterocycles. The van der Waals surface area contributed by atoms with Gasteiger partial charge in [-0.3, -0.25) is 4.79 Å². The zero-order chi connectivity index (χ0) is 19.7. The third kappa shape index (κ3) is 3.20. The third-order valence-electron chi connectivity index (χ3n) is 5.11. The molecule has 0 bridgehead atoms. The van der Waals surface area contributed by atoms with Crippen molar-refractivity contribution in [3.8, 4) is 16.9 Å². The quantitative estimate of drug-likeness (QED) is 0.409. The normalized spacial score (nSPS) is 11.0. The van der Waals surface area contributed by atoms with E-state index in [0.717, 1.165) is 50.9 Å². The molecule has 2 heterocycles. The number of aromatic nitrogens is 1. The average molecular weight is 369 g/mol. The Bertz CT molecular complexity index is 1160. The van der Waals surface area contributed by atoms with E-state index >= 15 is 0 Å². The summed E-state index contributed by atoms with van der Waals surface area (Å²) in [5.74, 6) is 0.825. The maximum atomic E-state index is 12.0. The van der Waals surface area contributed by atoms with Crippen molar-refractivity contribution < 1.29 is 9.53 Å². The summed E-state index contributed by atoms with van der Waals surface area (Å²) < 4.78 is 8.22. The number of pyridine rings is 1. The van der Waals surface area contributed by atoms with Crippen molar-refractivity contribution in [2.24, 2.45) is 0 Å². The number of fused-ring (bicyclic) bond motifs is 1. The Kier molecular flexibility index (Phi) is 4.74. The van der Waals surface area contributed by atoms with Crippen LogP contribution in [-0.4, -0.2) is 10.7 Å². The number of carbonyl (C=O) groups excluding carboxylic acids is 1. The van der Waals surface area contributed by atoms with Gasteiger partial charge in [0.05, 0.1) is 5.69 Å². The first-order valence-corrected chi connectivity index (χ1v) is 9.42. The largest absolute Gasteiger partial charge is 0.488 e. The van der Waals surface area contributed by atoms with E-state index in [1.807, 2.05) is 34.9 Å². The highest BCUT2D eigenvalue weighted by Gasteiger charge is 2.18. The van der Waals surface area contributed by atoms with E-state index in [0.29, 0.717) is 12.3 Å². The Labute approximate surface area is 165 Å². The molecule has 4 aromatic rings. The number of rotatable bonds is 5. The monoisotopic (exact) mass is 369 g/mol. The lowest BCUT2D eigenvalue weighted by Crippen LogP contribution is -2.00. The second kappa shape index (κ2) is 7.35. The van der Waals surface area contributed by atoms with E-state index in [1.165, 1.54) is 0 Å². The summed E-state index contributed by atoms with van der Waals surface area (Å²) in [7, 11) is 0. The van der Waals surface area contributed by atoms with Gasteiger partial charge in [-0.2, -0.15) is 0 Å². The van der Waals surface area contributed by atoms with Crippen molar-refractivity contribution in [2.75, 3.05) is 0 Å². The van der Waals surface area contributed by atoms with E-state index < -0.39 is 0 Å². The molecular weight excluding hydrogens is 346 g/mol. The van der Waals surface area contributed by atoms with Gasteiger partial charge in [0, 0.05) is 22.8 Å². The minimum Gasteiger partial charge on any atom is -0.488 e. The van der Waals surface area contributed by atoms with Crippen molar-refractivity contribution in [3.05, 3.63) is 94.8 Å². The highest BCUT2D eigenvalue weighted by Crippen LogP contribution is 2.38. The number of nitrogens with zero attached hydrogens (tertiary/aromatic N) is 1. The standard InChI is InChI=1S/C25H23NO2/c1-17-12-19(3)25(28-16-20-9-5-4-6-10-20)22(13-17)21-14-23-18(2)8-7-11-26(23)24(21)15-27/h4-15H,16H2,1-3H3. The maximum absolute atomic E-state index is 12.0. The molecule has 4 rings (SSSR count). The van der Waals surface area contributed by atoms with E-state index in [1.54, 1.807) is 0 Å². The van der Waals surface area contributed by atoms with E-state index in [4.69, 9.17) is 4.74 Å². The van der Waals surface area contributed by atoms with E-state index in [-0.39, 0.29) is 0 Å². The highest BCUT2D eigenvalue weighted by atomic mass is 16.5. The van der Waals surface area contributed by atoms with Crippen molar-refractivity contribution in [1.29, 1.82) is 0 Å². The summed E-state index contributed by atoms with van der Waals surface area (Å²) in [6, 6.07) is 20.4. The Morgan fingerprint density at radius 1 is 0.893 bits per heavy atom. The van der Waals surface area contributed by atoms with Crippen LogP contribution in [0, 0.1) is 20.8 Å². The van der Waals surface area contributed by atoms with Gasteiger partial charge in [0.15, 0.2) is 6.29 Å². The Morgan fingerprint density at radius 2 is 1.68 bits per heavy atom. The molecule has 0 atom stereocenters. The van der Waals surface area contributed by atoms with Crippen molar-refractivity contribution in [3.63, 3.8) is 0 Å². The Balaban J connectivity index is 1.87. The zero-order valence-electron chi connectivity index (χ0n) is 16.4. The van der Waals surface area contributed by atoms with E-state index in [9.17, 15) is 4.79 Å². The molecule has 0 fully saturated rings. The van der Waals surface area contributed by atoms with Gasteiger partial charge >= 0.3 is 0 Å². The van der Waals surface area contributed by atoms with Gasteiger partial charge < -0.3 is 9.14 Å². The lowest BCUT2D eigenvalue weighted by atomic mass is 9.99. The second-order valence-electron chi connectivity index (χ2n) is 7.24. The van der Waals surface area contributed by atoms with Crippen LogP contribution in [0.25, 0.3) is 16.6 Å². The number of hydrogen-bond donors (Lipinski definition) is 0. The molecule has 28 heavy (non-hydrogen) atoms. The lowest BCUT2D eigenvalue weighted by Gasteiger charge is -2.15. The van der Waals surface area contributed by atoms with Gasteiger partial charge in [-0.05, 0) is 61.2 Å². The fraction of sp³-hybridized carbons (Fsp3) is 0.160. The fourth-order valence-electron chi connectivity index (χ4n) is 3.77. The first-order valence-electron chi connectivity index (χ1n) is 9.42. The summed E-state index contributed by atoms with van der Waals surface area (Å²) in [5.41, 5.74) is 7.99. The van der Waals surface area contributed by atoms with Crippen LogP contribution in [0.4, 0.5) is 0 Å². The molecule has 0 unspecified atom stereocenters. The number of ether oxygens (including phenoxy) is 1. The van der Waals surface area contributed by atoms with Crippen LogP contribution in [0.2, 0.25) is 0 Å². The Morgan fingerprint density at radius 3 is 2.43 bits per heavy atom. The summed E-state index contributed by atoms with van der Waals surface area (Å²) in [6.07, 6.45) is 2.86. The first-order chi connectivity index (χ1) is 13.6. The lowest BCUT2D eigenvalue weighted by molar-refractivity contribution is 0.111. The second-order valence-corrected chi connectivity index (χ2v) is 7.24. The molecule has 140 valence electrons. The molecule has 0 amide bonds. The average Bonchev–Trinajstić information content (AvgIpc) is 3.07. The molecule has 3 nitrogen and oxygen atoms in total. The van der Waals surface area contributed by atoms with Gasteiger partial charge in [0.2, 0.25) is 0 Å². The molecular formula is C25H23NO2. The number of benzene rings is 2. The fourth-order valence-corrected chi connectivity index (χ4v) is 3.77. The number of aldehydes is 1. The van der Waals surface area contributed by atoms with E-state index in [2.05, 4.69) is 57.2 Å². The van der Waals surface area contributed by atoms with Crippen LogP contribution in [0.3, 0.4) is 0 Å². The molecule has 0 N–H and O–H groups in total. The summed E-state index contributed by atoms with van der Waals surface area (Å²) in [6.45, 7) is 6.67. The summed E-state index contributed by atoms with van der Waals surface area (Å²) >= 11 is 0. The van der Waals surface area contributed by atoms with Crippen molar-refractivity contribution >= 4 is 11.8 Å². The molecule has 2 aromatic carbocycles. The van der Waals surface area contributed by atoms with Crippen LogP contribution in [0.5, 0.6) is 5.75 Å². The molecule has 2 aromatic heterocycles. The molecule has 0 spiro atoms. The third-order valence-corrected chi connectivity index (χ3v) is 5.11. The molecule has 0 saturated carbocycles. The predicted molar refractivity (Wildman–Crippen MR) is 113 cm³/mol. The van der Waals surface area contributed by atoms with Gasteiger partial charge in [-0.1, -0.05) is 42.5 Å². The molecule has 0 aliphatic carbocycles. The smallest absolute Gasteiger partial charge is 0.167 e. The SMILES string of the molecule is Cc1cc(C)c(OCc2ccccc2)c(-c2cc3c(C)cccn3c2C=O)c1.